The number of halogens is 2. The van der Waals surface area contributed by atoms with Crippen molar-refractivity contribution in [1.82, 2.24) is 4.98 Å². The summed E-state index contributed by atoms with van der Waals surface area (Å²) in [4.78, 5) is 15.3. The van der Waals surface area contributed by atoms with Crippen LogP contribution in [-0.4, -0.2) is 10.8 Å². The van der Waals surface area contributed by atoms with Crippen molar-refractivity contribution in [3.05, 3.63) is 70.9 Å². The van der Waals surface area contributed by atoms with Crippen LogP contribution in [0, 0.1) is 18.6 Å². The second-order valence-electron chi connectivity index (χ2n) is 4.69. The lowest BCUT2D eigenvalue weighted by Gasteiger charge is -2.02. The van der Waals surface area contributed by atoms with Gasteiger partial charge in [-0.15, -0.1) is 0 Å². The molecule has 0 spiro atoms. The number of ketones is 1. The SMILES string of the molecule is Cc1cc(C(=O)c2c[nH]c3cc(F)ccc23)ccc1F. The number of rotatable bonds is 2. The molecule has 0 aliphatic rings. The summed E-state index contributed by atoms with van der Waals surface area (Å²) in [6.45, 7) is 1.61. The lowest BCUT2D eigenvalue weighted by molar-refractivity contribution is 0.104. The summed E-state index contributed by atoms with van der Waals surface area (Å²) in [7, 11) is 0. The van der Waals surface area contributed by atoms with Gasteiger partial charge in [-0.25, -0.2) is 8.78 Å². The number of nitrogens with one attached hydrogen (secondary N) is 1. The molecule has 20 heavy (non-hydrogen) atoms. The molecular formula is C16H11F2NO. The van der Waals surface area contributed by atoms with Gasteiger partial charge in [0.05, 0.1) is 0 Å². The maximum absolute atomic E-state index is 13.2. The predicted octanol–water partition coefficient (Wildman–Crippen LogP) is 3.99. The summed E-state index contributed by atoms with van der Waals surface area (Å²) in [6, 6.07) is 8.44. The van der Waals surface area contributed by atoms with Crippen molar-refractivity contribution in [2.75, 3.05) is 0 Å². The van der Waals surface area contributed by atoms with Crippen LogP contribution in [-0.2, 0) is 0 Å². The van der Waals surface area contributed by atoms with Crippen molar-refractivity contribution < 1.29 is 13.6 Å². The van der Waals surface area contributed by atoms with Crippen LogP contribution in [0.5, 0.6) is 0 Å². The summed E-state index contributed by atoms with van der Waals surface area (Å²) in [5.41, 5.74) is 1.84. The lowest BCUT2D eigenvalue weighted by Crippen LogP contribution is -2.01. The van der Waals surface area contributed by atoms with E-state index in [0.717, 1.165) is 0 Å². The third-order valence-electron chi connectivity index (χ3n) is 3.31. The van der Waals surface area contributed by atoms with E-state index in [2.05, 4.69) is 4.98 Å². The van der Waals surface area contributed by atoms with E-state index >= 15 is 0 Å². The van der Waals surface area contributed by atoms with Crippen LogP contribution >= 0.6 is 0 Å². The number of carbonyl (C=O) groups excluding carboxylic acids is 1. The predicted molar refractivity (Wildman–Crippen MR) is 72.8 cm³/mol. The summed E-state index contributed by atoms with van der Waals surface area (Å²) in [5.74, 6) is -0.926. The quantitative estimate of drug-likeness (QED) is 0.702. The highest BCUT2D eigenvalue weighted by atomic mass is 19.1. The third-order valence-corrected chi connectivity index (χ3v) is 3.31. The molecule has 2 nitrogen and oxygen atoms in total. The largest absolute Gasteiger partial charge is 0.360 e. The Kier molecular flexibility index (Phi) is 2.86. The van der Waals surface area contributed by atoms with E-state index in [0.29, 0.717) is 27.6 Å². The molecule has 1 N–H and O–H groups in total. The van der Waals surface area contributed by atoms with Gasteiger partial charge in [-0.2, -0.15) is 0 Å². The molecule has 0 fully saturated rings. The summed E-state index contributed by atoms with van der Waals surface area (Å²) >= 11 is 0. The van der Waals surface area contributed by atoms with Gasteiger partial charge in [0.15, 0.2) is 5.78 Å². The zero-order valence-electron chi connectivity index (χ0n) is 10.7. The highest BCUT2D eigenvalue weighted by molar-refractivity contribution is 6.16. The van der Waals surface area contributed by atoms with Crippen LogP contribution in [0.25, 0.3) is 10.9 Å². The highest BCUT2D eigenvalue weighted by Crippen LogP contribution is 2.22. The topological polar surface area (TPSA) is 32.9 Å². The molecule has 3 rings (SSSR count). The van der Waals surface area contributed by atoms with Crippen molar-refractivity contribution in [1.29, 1.82) is 0 Å². The minimum absolute atomic E-state index is 0.217. The standard InChI is InChI=1S/C16H11F2NO/c1-9-6-10(2-5-14(9)18)16(20)13-8-19-15-7-11(17)3-4-12(13)15/h2-8,19H,1H3. The molecule has 1 heterocycles. The summed E-state index contributed by atoms with van der Waals surface area (Å²) in [5, 5.41) is 0.651. The minimum Gasteiger partial charge on any atom is -0.360 e. The number of benzene rings is 2. The Hall–Kier alpha value is -2.49. The van der Waals surface area contributed by atoms with Gasteiger partial charge in [-0.05, 0) is 48.9 Å². The molecule has 0 bridgehead atoms. The molecule has 0 unspecified atom stereocenters. The van der Waals surface area contributed by atoms with Crippen LogP contribution in [0.4, 0.5) is 8.78 Å². The maximum Gasteiger partial charge on any atom is 0.195 e. The fraction of sp³-hybridized carbons (Fsp3) is 0.0625. The number of hydrogen-bond donors (Lipinski definition) is 1. The second-order valence-corrected chi connectivity index (χ2v) is 4.69. The first kappa shape index (κ1) is 12.5. The fourth-order valence-corrected chi connectivity index (χ4v) is 2.23. The summed E-state index contributed by atoms with van der Waals surface area (Å²) in [6.07, 6.45) is 1.55. The molecule has 0 saturated carbocycles. The van der Waals surface area contributed by atoms with E-state index in [1.807, 2.05) is 0 Å². The van der Waals surface area contributed by atoms with Crippen molar-refractivity contribution in [3.8, 4) is 0 Å². The first-order chi connectivity index (χ1) is 9.56. The highest BCUT2D eigenvalue weighted by Gasteiger charge is 2.15. The van der Waals surface area contributed by atoms with Crippen molar-refractivity contribution in [2.24, 2.45) is 0 Å². The smallest absolute Gasteiger partial charge is 0.195 e. The van der Waals surface area contributed by atoms with E-state index in [1.165, 1.54) is 30.3 Å². The van der Waals surface area contributed by atoms with E-state index in [4.69, 9.17) is 0 Å². The van der Waals surface area contributed by atoms with Crippen LogP contribution in [0.2, 0.25) is 0 Å². The monoisotopic (exact) mass is 271 g/mol. The number of aryl methyl sites for hydroxylation is 1. The van der Waals surface area contributed by atoms with Crippen LogP contribution in [0.3, 0.4) is 0 Å². The molecule has 4 heteroatoms. The van der Waals surface area contributed by atoms with E-state index in [-0.39, 0.29) is 17.4 Å². The van der Waals surface area contributed by atoms with Crippen molar-refractivity contribution in [3.63, 3.8) is 0 Å². The zero-order valence-corrected chi connectivity index (χ0v) is 10.7. The molecule has 100 valence electrons. The van der Waals surface area contributed by atoms with E-state index < -0.39 is 0 Å². The molecule has 0 radical (unpaired) electrons. The average molecular weight is 271 g/mol. The third kappa shape index (κ3) is 1.99. The average Bonchev–Trinajstić information content (AvgIpc) is 2.84. The van der Waals surface area contributed by atoms with Gasteiger partial charge in [-0.1, -0.05) is 0 Å². The maximum atomic E-state index is 13.2. The van der Waals surface area contributed by atoms with Gasteiger partial charge < -0.3 is 4.98 Å². The minimum atomic E-state index is -0.365. The molecule has 0 amide bonds. The molecule has 3 aromatic rings. The summed E-state index contributed by atoms with van der Waals surface area (Å²) < 4.78 is 26.4. The van der Waals surface area contributed by atoms with E-state index in [1.54, 1.807) is 19.2 Å². The Bertz CT molecular complexity index is 820. The van der Waals surface area contributed by atoms with Gasteiger partial charge >= 0.3 is 0 Å². The number of H-pyrrole nitrogens is 1. The fourth-order valence-electron chi connectivity index (χ4n) is 2.23. The molecule has 0 aliphatic heterocycles. The van der Waals surface area contributed by atoms with E-state index in [9.17, 15) is 13.6 Å². The zero-order chi connectivity index (χ0) is 14.3. The van der Waals surface area contributed by atoms with Gasteiger partial charge in [0.1, 0.15) is 11.6 Å². The van der Waals surface area contributed by atoms with Crippen LogP contribution in [0.1, 0.15) is 21.5 Å². The van der Waals surface area contributed by atoms with Crippen LogP contribution < -0.4 is 0 Å². The molecule has 0 aliphatic carbocycles. The molecule has 0 saturated heterocycles. The molecule has 2 aromatic carbocycles. The Morgan fingerprint density at radius 1 is 1.10 bits per heavy atom. The van der Waals surface area contributed by atoms with Crippen molar-refractivity contribution in [2.45, 2.75) is 6.92 Å². The number of aromatic nitrogens is 1. The van der Waals surface area contributed by atoms with Gasteiger partial charge in [0.25, 0.3) is 0 Å². The van der Waals surface area contributed by atoms with Gasteiger partial charge in [-0.3, -0.25) is 4.79 Å². The number of aromatic amines is 1. The normalized spacial score (nSPS) is 10.9. The number of fused-ring (bicyclic) bond motifs is 1. The Morgan fingerprint density at radius 2 is 1.90 bits per heavy atom. The van der Waals surface area contributed by atoms with Gasteiger partial charge in [0.2, 0.25) is 0 Å². The first-order valence-electron chi connectivity index (χ1n) is 6.14. The Morgan fingerprint density at radius 3 is 2.65 bits per heavy atom. The Labute approximate surface area is 114 Å². The Balaban J connectivity index is 2.10. The number of hydrogen-bond acceptors (Lipinski definition) is 1. The van der Waals surface area contributed by atoms with Crippen molar-refractivity contribution >= 4 is 16.7 Å². The molecule has 1 aromatic heterocycles. The number of carbonyl (C=O) groups is 1. The first-order valence-corrected chi connectivity index (χ1v) is 6.14. The second kappa shape index (κ2) is 4.56. The van der Waals surface area contributed by atoms with Gasteiger partial charge in [0, 0.05) is 28.2 Å². The molecule has 0 atom stereocenters. The molecular weight excluding hydrogens is 260 g/mol. The lowest BCUT2D eigenvalue weighted by atomic mass is 10.0. The van der Waals surface area contributed by atoms with Crippen LogP contribution in [0.15, 0.2) is 42.6 Å².